The highest BCUT2D eigenvalue weighted by Crippen LogP contribution is 2.15. The van der Waals surface area contributed by atoms with Crippen LogP contribution in [0.2, 0.25) is 0 Å². The molecule has 23 heavy (non-hydrogen) atoms. The number of aliphatic imine (C=N–C) groups is 1. The summed E-state index contributed by atoms with van der Waals surface area (Å²) in [4.78, 5) is 4.41. The predicted molar refractivity (Wildman–Crippen MR) is 95.7 cm³/mol. The Morgan fingerprint density at radius 2 is 1.91 bits per heavy atom. The Morgan fingerprint density at radius 3 is 2.48 bits per heavy atom. The van der Waals surface area contributed by atoms with Crippen LogP contribution in [0.15, 0.2) is 35.3 Å². The molecule has 0 aliphatic heterocycles. The molecule has 0 bridgehead atoms. The molecule has 1 rings (SSSR count). The number of guanidine groups is 1. The van der Waals surface area contributed by atoms with Crippen molar-refractivity contribution in [2.75, 3.05) is 19.7 Å². The summed E-state index contributed by atoms with van der Waals surface area (Å²) in [5.41, 5.74) is 1.02. The Balaban J connectivity index is 2.45. The highest BCUT2D eigenvalue weighted by atomic mass is 16.5. The summed E-state index contributed by atoms with van der Waals surface area (Å²) in [5.74, 6) is 0.704. The van der Waals surface area contributed by atoms with Crippen molar-refractivity contribution in [3.8, 4) is 0 Å². The smallest absolute Gasteiger partial charge is 0.191 e. The molecule has 0 spiro atoms. The number of hydrogen-bond donors (Lipinski definition) is 3. The van der Waals surface area contributed by atoms with E-state index in [1.54, 1.807) is 0 Å². The van der Waals surface area contributed by atoms with Gasteiger partial charge in [0.15, 0.2) is 5.96 Å². The van der Waals surface area contributed by atoms with E-state index in [0.717, 1.165) is 12.1 Å². The third-order valence-corrected chi connectivity index (χ3v) is 3.11. The third kappa shape index (κ3) is 8.57. The molecule has 0 fully saturated rings. The number of aliphatic hydroxyl groups excluding tert-OH is 1. The van der Waals surface area contributed by atoms with Gasteiger partial charge in [0.05, 0.1) is 25.4 Å². The van der Waals surface area contributed by atoms with Crippen LogP contribution >= 0.6 is 0 Å². The molecular formula is C18H31N3O2. The Bertz CT molecular complexity index is 469. The number of benzene rings is 1. The van der Waals surface area contributed by atoms with Crippen LogP contribution in [-0.2, 0) is 4.74 Å². The van der Waals surface area contributed by atoms with Crippen molar-refractivity contribution in [3.63, 3.8) is 0 Å². The Labute approximate surface area is 140 Å². The first-order valence-corrected chi connectivity index (χ1v) is 8.23. The van der Waals surface area contributed by atoms with Gasteiger partial charge in [-0.05, 0) is 40.2 Å². The van der Waals surface area contributed by atoms with Gasteiger partial charge in [0.2, 0.25) is 0 Å². The molecule has 3 N–H and O–H groups in total. The van der Waals surface area contributed by atoms with Gasteiger partial charge in [-0.2, -0.15) is 0 Å². The van der Waals surface area contributed by atoms with Crippen LogP contribution in [0, 0.1) is 0 Å². The quantitative estimate of drug-likeness (QED) is 0.533. The van der Waals surface area contributed by atoms with E-state index in [1.165, 1.54) is 0 Å². The second kappa shape index (κ2) is 9.53. The average molecular weight is 321 g/mol. The number of hydrogen-bond acceptors (Lipinski definition) is 3. The minimum atomic E-state index is -0.628. The maximum absolute atomic E-state index is 10.1. The third-order valence-electron chi connectivity index (χ3n) is 3.11. The van der Waals surface area contributed by atoms with Crippen molar-refractivity contribution in [2.24, 2.45) is 4.99 Å². The van der Waals surface area contributed by atoms with Crippen molar-refractivity contribution >= 4 is 5.96 Å². The minimum Gasteiger partial charge on any atom is -0.389 e. The van der Waals surface area contributed by atoms with Crippen LogP contribution in [0.4, 0.5) is 0 Å². The summed E-state index contributed by atoms with van der Waals surface area (Å²) in [6.07, 6.45) is -0.674. The van der Waals surface area contributed by atoms with Gasteiger partial charge in [-0.25, -0.2) is 0 Å². The fourth-order valence-corrected chi connectivity index (χ4v) is 1.99. The normalized spacial score (nSPS) is 15.1. The van der Waals surface area contributed by atoms with Crippen LogP contribution in [0.3, 0.4) is 0 Å². The molecule has 0 heterocycles. The van der Waals surface area contributed by atoms with Crippen molar-refractivity contribution < 1.29 is 9.84 Å². The lowest BCUT2D eigenvalue weighted by Crippen LogP contribution is -2.48. The Kier molecular flexibility index (Phi) is 8.06. The lowest BCUT2D eigenvalue weighted by Gasteiger charge is -2.24. The molecule has 0 aromatic heterocycles. The topological polar surface area (TPSA) is 65.9 Å². The number of rotatable bonds is 7. The summed E-state index contributed by atoms with van der Waals surface area (Å²) in [5, 5.41) is 16.5. The highest BCUT2D eigenvalue weighted by molar-refractivity contribution is 5.80. The minimum absolute atomic E-state index is 0.0456. The molecule has 2 unspecified atom stereocenters. The summed E-state index contributed by atoms with van der Waals surface area (Å²) >= 11 is 0. The van der Waals surface area contributed by atoms with Gasteiger partial charge in [-0.15, -0.1) is 0 Å². The van der Waals surface area contributed by atoms with E-state index in [2.05, 4.69) is 36.4 Å². The maximum Gasteiger partial charge on any atom is 0.191 e. The zero-order valence-corrected chi connectivity index (χ0v) is 15.0. The molecule has 0 aliphatic carbocycles. The first-order valence-electron chi connectivity index (χ1n) is 8.23. The second-order valence-corrected chi connectivity index (χ2v) is 6.63. The fraction of sp³-hybridized carbons (Fsp3) is 0.611. The van der Waals surface area contributed by atoms with E-state index in [4.69, 9.17) is 4.74 Å². The second-order valence-electron chi connectivity index (χ2n) is 6.63. The summed E-state index contributed by atoms with van der Waals surface area (Å²) in [6, 6.07) is 9.98. The van der Waals surface area contributed by atoms with Gasteiger partial charge >= 0.3 is 0 Å². The number of aliphatic hydroxyl groups is 1. The first-order chi connectivity index (χ1) is 10.8. The molecule has 0 amide bonds. The highest BCUT2D eigenvalue weighted by Gasteiger charge is 2.13. The van der Waals surface area contributed by atoms with Crippen LogP contribution < -0.4 is 10.6 Å². The molecule has 1 aromatic rings. The average Bonchev–Trinajstić information content (AvgIpc) is 2.50. The van der Waals surface area contributed by atoms with E-state index in [9.17, 15) is 5.11 Å². The maximum atomic E-state index is 10.1. The predicted octanol–water partition coefficient (Wildman–Crippen LogP) is 2.48. The van der Waals surface area contributed by atoms with Gasteiger partial charge in [0.25, 0.3) is 0 Å². The van der Waals surface area contributed by atoms with Crippen molar-refractivity contribution in [3.05, 3.63) is 35.9 Å². The molecule has 0 radical (unpaired) electrons. The lowest BCUT2D eigenvalue weighted by molar-refractivity contribution is 0.00110. The molecule has 2 atom stereocenters. The van der Waals surface area contributed by atoms with E-state index < -0.39 is 6.10 Å². The van der Waals surface area contributed by atoms with Crippen molar-refractivity contribution in [1.29, 1.82) is 0 Å². The van der Waals surface area contributed by atoms with Crippen LogP contribution in [-0.4, -0.2) is 42.4 Å². The number of nitrogens with one attached hydrogen (secondary N) is 2. The zero-order chi connectivity index (χ0) is 17.3. The van der Waals surface area contributed by atoms with Gasteiger partial charge in [-0.3, -0.25) is 4.99 Å². The van der Waals surface area contributed by atoms with E-state index in [1.807, 2.05) is 44.2 Å². The van der Waals surface area contributed by atoms with Crippen LogP contribution in [0.1, 0.15) is 46.3 Å². The fourth-order valence-electron chi connectivity index (χ4n) is 1.99. The largest absolute Gasteiger partial charge is 0.389 e. The van der Waals surface area contributed by atoms with E-state index in [0.29, 0.717) is 12.5 Å². The van der Waals surface area contributed by atoms with E-state index in [-0.39, 0.29) is 18.2 Å². The van der Waals surface area contributed by atoms with E-state index >= 15 is 0 Å². The lowest BCUT2D eigenvalue weighted by atomic mass is 10.1. The van der Waals surface area contributed by atoms with Gasteiger partial charge < -0.3 is 20.5 Å². The molecule has 5 heteroatoms. The molecule has 1 aromatic carbocycles. The summed E-state index contributed by atoms with van der Waals surface area (Å²) in [6.45, 7) is 11.5. The van der Waals surface area contributed by atoms with Crippen LogP contribution in [0.5, 0.6) is 0 Å². The molecular weight excluding hydrogens is 290 g/mol. The Morgan fingerprint density at radius 1 is 1.26 bits per heavy atom. The molecule has 0 saturated carbocycles. The van der Waals surface area contributed by atoms with Gasteiger partial charge in [0, 0.05) is 12.1 Å². The molecule has 5 nitrogen and oxygen atoms in total. The first kappa shape index (κ1) is 19.5. The Hall–Kier alpha value is -1.59. The SMILES string of the molecule is CCNC(=NCC(O)COC(C)c1ccccc1)NC(C)(C)C. The van der Waals surface area contributed by atoms with Gasteiger partial charge in [-0.1, -0.05) is 30.3 Å². The van der Waals surface area contributed by atoms with Crippen LogP contribution in [0.25, 0.3) is 0 Å². The standard InChI is InChI=1S/C18H31N3O2/c1-6-19-17(21-18(3,4)5)20-12-16(22)13-23-14(2)15-10-8-7-9-11-15/h7-11,14,16,22H,6,12-13H2,1-5H3,(H2,19,20,21). The zero-order valence-electron chi connectivity index (χ0n) is 15.0. The van der Waals surface area contributed by atoms with Crippen molar-refractivity contribution in [1.82, 2.24) is 10.6 Å². The van der Waals surface area contributed by atoms with Crippen molar-refractivity contribution in [2.45, 2.75) is 52.4 Å². The summed E-state index contributed by atoms with van der Waals surface area (Å²) in [7, 11) is 0. The van der Waals surface area contributed by atoms with Gasteiger partial charge in [0.1, 0.15) is 0 Å². The molecule has 130 valence electrons. The molecule has 0 aliphatic rings. The monoisotopic (exact) mass is 321 g/mol. The number of nitrogens with zero attached hydrogens (tertiary/aromatic N) is 1. The summed E-state index contributed by atoms with van der Waals surface area (Å²) < 4.78 is 5.72. The molecule has 0 saturated heterocycles. The number of ether oxygens (including phenoxy) is 1.